The summed E-state index contributed by atoms with van der Waals surface area (Å²) in [6, 6.07) is 17.1. The van der Waals surface area contributed by atoms with E-state index < -0.39 is 12.1 Å². The van der Waals surface area contributed by atoms with Crippen LogP contribution >= 0.6 is 11.8 Å². The van der Waals surface area contributed by atoms with E-state index in [1.165, 1.54) is 4.90 Å². The molecule has 1 saturated heterocycles. The van der Waals surface area contributed by atoms with E-state index in [9.17, 15) is 9.90 Å². The molecule has 0 bridgehead atoms. The fourth-order valence-electron chi connectivity index (χ4n) is 3.61. The molecule has 0 aliphatic carbocycles. The van der Waals surface area contributed by atoms with Crippen LogP contribution in [0.25, 0.3) is 0 Å². The number of carbonyl (C=O) groups excluding carboxylic acids is 1. The van der Waals surface area contributed by atoms with Gasteiger partial charge in [0.2, 0.25) is 5.91 Å². The highest BCUT2D eigenvalue weighted by molar-refractivity contribution is 7.98. The Morgan fingerprint density at radius 1 is 1.10 bits per heavy atom. The van der Waals surface area contributed by atoms with Crippen LogP contribution in [-0.4, -0.2) is 72.5 Å². The van der Waals surface area contributed by atoms with E-state index in [0.717, 1.165) is 37.5 Å². The fourth-order valence-corrected chi connectivity index (χ4v) is 4.02. The third-order valence-electron chi connectivity index (χ3n) is 5.13. The molecule has 2 unspecified atom stereocenters. The number of benzene rings is 2. The van der Waals surface area contributed by atoms with Gasteiger partial charge in [0.25, 0.3) is 0 Å². The van der Waals surface area contributed by atoms with Gasteiger partial charge in [0.05, 0.1) is 0 Å². The summed E-state index contributed by atoms with van der Waals surface area (Å²) in [6.07, 6.45) is 1.47. The molecule has 156 valence electrons. The number of amides is 1. The Kier molecular flexibility index (Phi) is 7.94. The van der Waals surface area contributed by atoms with Gasteiger partial charge in [0.15, 0.2) is 0 Å². The first-order valence-corrected chi connectivity index (χ1v) is 11.0. The highest BCUT2D eigenvalue weighted by Gasteiger charge is 2.29. The van der Waals surface area contributed by atoms with Gasteiger partial charge in [-0.3, -0.25) is 14.6 Å². The second-order valence-electron chi connectivity index (χ2n) is 7.19. The summed E-state index contributed by atoms with van der Waals surface area (Å²) in [5.74, 6) is 0.435. The molecule has 0 aromatic heterocycles. The maximum Gasteiger partial charge on any atom is 0.239 e. The molecule has 1 heterocycles. The number of nitrogens with two attached hydrogens (primary N) is 1. The van der Waals surface area contributed by atoms with E-state index in [2.05, 4.69) is 9.80 Å². The Labute approximate surface area is 176 Å². The summed E-state index contributed by atoms with van der Waals surface area (Å²) in [4.78, 5) is 17.5. The summed E-state index contributed by atoms with van der Waals surface area (Å²) in [6.45, 7) is 3.81. The van der Waals surface area contributed by atoms with Crippen molar-refractivity contribution in [1.82, 2.24) is 9.80 Å². The fraction of sp³-hybridized carbons (Fsp3) is 0.409. The lowest BCUT2D eigenvalue weighted by atomic mass is 10.0. The Hall–Kier alpha value is -2.06. The van der Waals surface area contributed by atoms with E-state index in [0.29, 0.717) is 6.54 Å². The van der Waals surface area contributed by atoms with Crippen LogP contribution in [0.4, 0.5) is 0 Å². The number of thioether (sulfide) groups is 1. The predicted molar refractivity (Wildman–Crippen MR) is 116 cm³/mol. The van der Waals surface area contributed by atoms with Crippen LogP contribution in [0.3, 0.4) is 0 Å². The molecule has 6 nitrogen and oxygen atoms in total. The second kappa shape index (κ2) is 10.6. The minimum Gasteiger partial charge on any atom is -0.491 e. The van der Waals surface area contributed by atoms with Crippen LogP contribution in [0, 0.1) is 0 Å². The standard InChI is InChI=1S/C22H29N3O3S/c1-29-20-9-7-19(8-10-20)28-16-18(26)15-24-11-13-25(14-12-24)21(22(23)27)17-5-3-2-4-6-17/h2-10,18,21,26H,11-16H2,1H3,(H2,23,27). The van der Waals surface area contributed by atoms with Gasteiger partial charge in [-0.2, -0.15) is 0 Å². The molecule has 3 rings (SSSR count). The molecule has 2 aromatic carbocycles. The quantitative estimate of drug-likeness (QED) is 0.610. The van der Waals surface area contributed by atoms with Gasteiger partial charge in [-0.05, 0) is 36.1 Å². The highest BCUT2D eigenvalue weighted by atomic mass is 32.2. The van der Waals surface area contributed by atoms with E-state index in [1.807, 2.05) is 60.9 Å². The van der Waals surface area contributed by atoms with E-state index in [1.54, 1.807) is 11.8 Å². The number of hydrogen-bond acceptors (Lipinski definition) is 6. The van der Waals surface area contributed by atoms with Crippen molar-refractivity contribution < 1.29 is 14.6 Å². The monoisotopic (exact) mass is 415 g/mol. The van der Waals surface area contributed by atoms with Crippen molar-refractivity contribution in [2.45, 2.75) is 17.0 Å². The Balaban J connectivity index is 1.45. The lowest BCUT2D eigenvalue weighted by Gasteiger charge is -2.38. The predicted octanol–water partition coefficient (Wildman–Crippen LogP) is 1.99. The van der Waals surface area contributed by atoms with Crippen molar-refractivity contribution >= 4 is 17.7 Å². The number of β-amino-alcohol motifs (C(OH)–C–C–N with tert-alkyl or cyclic N) is 1. The van der Waals surface area contributed by atoms with Gasteiger partial charge in [-0.15, -0.1) is 11.8 Å². The number of aliphatic hydroxyl groups is 1. The maximum atomic E-state index is 12.0. The van der Waals surface area contributed by atoms with Crippen molar-refractivity contribution in [3.05, 3.63) is 60.2 Å². The van der Waals surface area contributed by atoms with Gasteiger partial charge in [0, 0.05) is 37.6 Å². The summed E-state index contributed by atoms with van der Waals surface area (Å²) in [5.41, 5.74) is 6.60. The number of aliphatic hydroxyl groups excluding tert-OH is 1. The van der Waals surface area contributed by atoms with Crippen LogP contribution in [0.2, 0.25) is 0 Å². The lowest BCUT2D eigenvalue weighted by molar-refractivity contribution is -0.124. The zero-order valence-corrected chi connectivity index (χ0v) is 17.6. The number of ether oxygens (including phenoxy) is 1. The van der Waals surface area contributed by atoms with Gasteiger partial charge in [0.1, 0.15) is 24.5 Å². The molecule has 1 aliphatic heterocycles. The average molecular weight is 416 g/mol. The molecule has 2 atom stereocenters. The smallest absolute Gasteiger partial charge is 0.239 e. The number of carbonyl (C=O) groups is 1. The second-order valence-corrected chi connectivity index (χ2v) is 8.07. The largest absolute Gasteiger partial charge is 0.491 e. The third kappa shape index (κ3) is 6.21. The topological polar surface area (TPSA) is 79.0 Å². The van der Waals surface area contributed by atoms with Crippen LogP contribution in [0.1, 0.15) is 11.6 Å². The first-order valence-electron chi connectivity index (χ1n) is 9.82. The molecule has 0 saturated carbocycles. The van der Waals surface area contributed by atoms with Crippen molar-refractivity contribution in [3.63, 3.8) is 0 Å². The molecule has 1 aliphatic rings. The van der Waals surface area contributed by atoms with Crippen LogP contribution in [0.15, 0.2) is 59.5 Å². The van der Waals surface area contributed by atoms with Gasteiger partial charge >= 0.3 is 0 Å². The summed E-state index contributed by atoms with van der Waals surface area (Å²) < 4.78 is 5.70. The van der Waals surface area contributed by atoms with Crippen LogP contribution < -0.4 is 10.5 Å². The SMILES string of the molecule is CSc1ccc(OCC(O)CN2CCN(C(C(N)=O)c3ccccc3)CC2)cc1. The van der Waals surface area contributed by atoms with E-state index >= 15 is 0 Å². The maximum absolute atomic E-state index is 12.0. The van der Waals surface area contributed by atoms with Crippen molar-refractivity contribution in [1.29, 1.82) is 0 Å². The number of nitrogens with zero attached hydrogens (tertiary/aromatic N) is 2. The minimum absolute atomic E-state index is 0.257. The third-order valence-corrected chi connectivity index (χ3v) is 5.87. The first kappa shape index (κ1) is 21.6. The van der Waals surface area contributed by atoms with E-state index in [-0.39, 0.29) is 12.5 Å². The van der Waals surface area contributed by atoms with Crippen molar-refractivity contribution in [3.8, 4) is 5.75 Å². The van der Waals surface area contributed by atoms with Gasteiger partial charge < -0.3 is 15.6 Å². The Bertz CT molecular complexity index is 765. The molecule has 1 amide bonds. The summed E-state index contributed by atoms with van der Waals surface area (Å²) in [7, 11) is 0. The minimum atomic E-state index is -0.567. The molecule has 3 N–H and O–H groups in total. The molecule has 7 heteroatoms. The molecule has 2 aromatic rings. The van der Waals surface area contributed by atoms with Crippen LogP contribution in [-0.2, 0) is 4.79 Å². The molecule has 0 radical (unpaired) electrons. The number of primary amides is 1. The molecule has 29 heavy (non-hydrogen) atoms. The van der Waals surface area contributed by atoms with E-state index in [4.69, 9.17) is 10.5 Å². The molecular weight excluding hydrogens is 386 g/mol. The molecule has 0 spiro atoms. The summed E-state index contributed by atoms with van der Waals surface area (Å²) in [5, 5.41) is 10.3. The van der Waals surface area contributed by atoms with Crippen LogP contribution in [0.5, 0.6) is 5.75 Å². The molecule has 1 fully saturated rings. The normalized spacial score (nSPS) is 17.6. The number of piperazine rings is 1. The Morgan fingerprint density at radius 3 is 2.34 bits per heavy atom. The number of rotatable bonds is 9. The zero-order chi connectivity index (χ0) is 20.6. The highest BCUT2D eigenvalue weighted by Crippen LogP contribution is 2.22. The van der Waals surface area contributed by atoms with Gasteiger partial charge in [-0.25, -0.2) is 0 Å². The number of hydrogen-bond donors (Lipinski definition) is 2. The Morgan fingerprint density at radius 2 is 1.76 bits per heavy atom. The zero-order valence-electron chi connectivity index (χ0n) is 16.7. The molecular formula is C22H29N3O3S. The first-order chi connectivity index (χ1) is 14.1. The van der Waals surface area contributed by atoms with Crippen molar-refractivity contribution in [2.24, 2.45) is 5.73 Å². The lowest BCUT2D eigenvalue weighted by Crippen LogP contribution is -2.52. The van der Waals surface area contributed by atoms with Gasteiger partial charge in [-0.1, -0.05) is 30.3 Å². The summed E-state index contributed by atoms with van der Waals surface area (Å²) >= 11 is 1.68. The average Bonchev–Trinajstić information content (AvgIpc) is 2.74. The van der Waals surface area contributed by atoms with Crippen molar-refractivity contribution in [2.75, 3.05) is 45.6 Å².